The summed E-state index contributed by atoms with van der Waals surface area (Å²) in [5.41, 5.74) is 10.2. The normalized spacial score (nSPS) is 12.0. The average Bonchev–Trinajstić information content (AvgIpc) is 3.28. The van der Waals surface area contributed by atoms with Gasteiger partial charge in [-0.25, -0.2) is 4.98 Å². The number of carbonyl (C=O) groups excluding carboxylic acids is 1. The van der Waals surface area contributed by atoms with Crippen molar-refractivity contribution in [2.24, 2.45) is 0 Å². The lowest BCUT2D eigenvalue weighted by Gasteiger charge is -2.11. The van der Waals surface area contributed by atoms with E-state index in [0.29, 0.717) is 29.5 Å². The number of nitrogens with zero attached hydrogens (tertiary/aromatic N) is 1. The minimum absolute atomic E-state index is 0.243. The van der Waals surface area contributed by atoms with Gasteiger partial charge in [-0.2, -0.15) is 0 Å². The Kier molecular flexibility index (Phi) is 8.38. The fourth-order valence-corrected chi connectivity index (χ4v) is 3.87. The van der Waals surface area contributed by atoms with Gasteiger partial charge in [0.25, 0.3) is 5.91 Å². The molecule has 0 atom stereocenters. The van der Waals surface area contributed by atoms with Crippen molar-refractivity contribution in [3.63, 3.8) is 0 Å². The number of H-pyrrole nitrogens is 1. The van der Waals surface area contributed by atoms with E-state index < -0.39 is 0 Å². The summed E-state index contributed by atoms with van der Waals surface area (Å²) in [5, 5.41) is 5.85. The third-order valence-corrected chi connectivity index (χ3v) is 6.12. The highest BCUT2D eigenvalue weighted by atomic mass is 32.2. The Morgan fingerprint density at radius 2 is 1.79 bits per heavy atom. The number of nitrogens with one attached hydrogen (secondary N) is 2. The maximum absolute atomic E-state index is 13.4. The number of aromatic amines is 1. The van der Waals surface area contributed by atoms with Crippen molar-refractivity contribution in [3.8, 4) is 28.4 Å². The number of nitrogens with two attached hydrogens (primary N) is 1. The van der Waals surface area contributed by atoms with Crippen LogP contribution in [-0.4, -0.2) is 22.5 Å². The van der Waals surface area contributed by atoms with E-state index in [4.69, 9.17) is 15.5 Å². The van der Waals surface area contributed by atoms with Gasteiger partial charge in [0, 0.05) is 16.8 Å². The van der Waals surface area contributed by atoms with E-state index in [1.807, 2.05) is 80.8 Å². The molecule has 7 heteroatoms. The number of allylic oxidation sites excluding steroid dienone is 2. The lowest BCUT2D eigenvalue weighted by atomic mass is 10.1. The van der Waals surface area contributed by atoms with Crippen LogP contribution in [-0.2, 0) is 0 Å². The third-order valence-electron chi connectivity index (χ3n) is 5.02. The van der Waals surface area contributed by atoms with Gasteiger partial charge in [0.15, 0.2) is 0 Å². The fraction of sp³-hybridized carbons (Fsp3) is 0.231. The molecule has 0 fully saturated rings. The van der Waals surface area contributed by atoms with Crippen molar-refractivity contribution < 1.29 is 9.53 Å². The van der Waals surface area contributed by atoms with Crippen molar-refractivity contribution in [2.75, 3.05) is 12.3 Å². The summed E-state index contributed by atoms with van der Waals surface area (Å²) >= 11 is 1.49. The smallest absolute Gasteiger partial charge is 0.274 e. The van der Waals surface area contributed by atoms with Gasteiger partial charge < -0.3 is 20.8 Å². The molecule has 3 rings (SSSR count). The number of aromatic nitrogens is 2. The number of hydrogen-bond donors (Lipinski definition) is 3. The quantitative estimate of drug-likeness (QED) is 0.322. The molecule has 0 saturated carbocycles. The van der Waals surface area contributed by atoms with Crippen LogP contribution < -0.4 is 15.8 Å². The molecule has 1 heterocycles. The lowest BCUT2D eigenvalue weighted by Crippen LogP contribution is -2.23. The highest BCUT2D eigenvalue weighted by molar-refractivity contribution is 8.05. The predicted octanol–water partition coefficient (Wildman–Crippen LogP) is 6.36. The van der Waals surface area contributed by atoms with Crippen molar-refractivity contribution in [3.05, 3.63) is 76.3 Å². The molecule has 0 radical (unpaired) electrons. The zero-order valence-corrected chi connectivity index (χ0v) is 20.3. The van der Waals surface area contributed by atoms with Crippen molar-refractivity contribution in [1.29, 1.82) is 0 Å². The van der Waals surface area contributed by atoms with E-state index in [1.54, 1.807) is 0 Å². The maximum Gasteiger partial charge on any atom is 0.274 e. The number of nitrogen functional groups attached to an aromatic ring is 1. The lowest BCUT2D eigenvalue weighted by molar-refractivity contribution is 0.0964. The molecule has 0 saturated heterocycles. The molecule has 4 N–H and O–H groups in total. The minimum atomic E-state index is -0.243. The monoisotopic (exact) mass is 462 g/mol. The summed E-state index contributed by atoms with van der Waals surface area (Å²) in [4.78, 5) is 21.4. The zero-order chi connectivity index (χ0) is 23.8. The number of hydrogen-bond acceptors (Lipinski definition) is 5. The van der Waals surface area contributed by atoms with E-state index in [2.05, 4.69) is 17.2 Å². The third kappa shape index (κ3) is 6.08. The molecule has 0 unspecified atom stereocenters. The average molecular weight is 463 g/mol. The maximum atomic E-state index is 13.4. The van der Waals surface area contributed by atoms with Crippen LogP contribution in [0.15, 0.2) is 70.6 Å². The molecule has 172 valence electrons. The molecule has 1 aromatic heterocycles. The molecule has 1 amide bonds. The predicted molar refractivity (Wildman–Crippen MR) is 138 cm³/mol. The standard InChI is InChI=1S/C26H30N4O2S/c1-5-16-33-26(17(4)6-2)30-25(31)23-22(18-10-14-21(15-11-18)32-7-3)28-24(29-23)19-8-12-20(27)13-9-19/h5,8-16H,6-7,27H2,1-4H3,(H,28,29)(H,30,31)/b16-5-,26-17?. The second-order valence-electron chi connectivity index (χ2n) is 7.39. The first-order valence-electron chi connectivity index (χ1n) is 10.9. The van der Waals surface area contributed by atoms with Crippen molar-refractivity contribution in [2.45, 2.75) is 34.1 Å². The van der Waals surface area contributed by atoms with Crippen LogP contribution in [0.4, 0.5) is 5.69 Å². The van der Waals surface area contributed by atoms with Crippen molar-refractivity contribution >= 4 is 23.4 Å². The Hall–Kier alpha value is -3.45. The molecule has 2 aromatic carbocycles. The fourth-order valence-electron chi connectivity index (χ4n) is 3.10. The number of ether oxygens (including phenoxy) is 1. The van der Waals surface area contributed by atoms with E-state index in [-0.39, 0.29) is 5.91 Å². The SMILES string of the molecule is C/C=C\SC(NC(=O)c1[nH]c(-c2ccc(N)cc2)nc1-c1ccc(OCC)cc1)=C(C)CC. The highest BCUT2D eigenvalue weighted by Crippen LogP contribution is 2.29. The van der Waals surface area contributed by atoms with Crippen LogP contribution in [0.5, 0.6) is 5.75 Å². The van der Waals surface area contributed by atoms with Crippen molar-refractivity contribution in [1.82, 2.24) is 15.3 Å². The van der Waals surface area contributed by atoms with Gasteiger partial charge in [-0.3, -0.25) is 4.79 Å². The largest absolute Gasteiger partial charge is 0.494 e. The summed E-state index contributed by atoms with van der Waals surface area (Å²) in [6.45, 7) is 8.57. The zero-order valence-electron chi connectivity index (χ0n) is 19.4. The topological polar surface area (TPSA) is 93.0 Å². The number of anilines is 1. The molecular formula is C26H30N4O2S. The first kappa shape index (κ1) is 24.2. The van der Waals surface area contributed by atoms with Crippen LogP contribution in [0, 0.1) is 0 Å². The Bertz CT molecular complexity index is 1150. The van der Waals surface area contributed by atoms with Gasteiger partial charge >= 0.3 is 0 Å². The van der Waals surface area contributed by atoms with Gasteiger partial charge in [0.1, 0.15) is 23.0 Å². The van der Waals surface area contributed by atoms with Crippen LogP contribution in [0.1, 0.15) is 44.6 Å². The van der Waals surface area contributed by atoms with Gasteiger partial charge in [0.2, 0.25) is 0 Å². The number of amides is 1. The summed E-state index contributed by atoms with van der Waals surface area (Å²) in [5.74, 6) is 1.13. The molecule has 3 aromatic rings. The summed E-state index contributed by atoms with van der Waals surface area (Å²) < 4.78 is 5.55. The van der Waals surface area contributed by atoms with E-state index >= 15 is 0 Å². The summed E-state index contributed by atoms with van der Waals surface area (Å²) in [6, 6.07) is 15.0. The second-order valence-corrected chi connectivity index (χ2v) is 8.31. The van der Waals surface area contributed by atoms with Gasteiger partial charge in [0.05, 0.1) is 11.6 Å². The second kappa shape index (κ2) is 11.4. The molecule has 0 spiro atoms. The number of thioether (sulfide) groups is 1. The van der Waals surface area contributed by atoms with Crippen LogP contribution in [0.25, 0.3) is 22.6 Å². The molecule has 33 heavy (non-hydrogen) atoms. The Morgan fingerprint density at radius 1 is 1.12 bits per heavy atom. The van der Waals surface area contributed by atoms with Crippen LogP contribution in [0.2, 0.25) is 0 Å². The Morgan fingerprint density at radius 3 is 2.39 bits per heavy atom. The molecule has 0 bridgehead atoms. The first-order valence-corrected chi connectivity index (χ1v) is 11.8. The molecule has 6 nitrogen and oxygen atoms in total. The number of imidazole rings is 1. The van der Waals surface area contributed by atoms with Crippen LogP contribution >= 0.6 is 11.8 Å². The summed E-state index contributed by atoms with van der Waals surface area (Å²) in [6.07, 6.45) is 2.78. The first-order chi connectivity index (χ1) is 16.0. The van der Waals surface area contributed by atoms with E-state index in [0.717, 1.165) is 33.9 Å². The highest BCUT2D eigenvalue weighted by Gasteiger charge is 2.21. The Labute approximate surface area is 199 Å². The van der Waals surface area contributed by atoms with Gasteiger partial charge in [-0.15, -0.1) is 0 Å². The van der Waals surface area contributed by atoms with E-state index in [1.165, 1.54) is 11.8 Å². The molecule has 0 aliphatic rings. The van der Waals surface area contributed by atoms with Gasteiger partial charge in [-0.1, -0.05) is 24.8 Å². The Balaban J connectivity index is 2.04. The molecular weight excluding hydrogens is 432 g/mol. The van der Waals surface area contributed by atoms with E-state index in [9.17, 15) is 4.79 Å². The minimum Gasteiger partial charge on any atom is -0.494 e. The number of benzene rings is 2. The summed E-state index contributed by atoms with van der Waals surface area (Å²) in [7, 11) is 0. The van der Waals surface area contributed by atoms with Crippen LogP contribution in [0.3, 0.4) is 0 Å². The van der Waals surface area contributed by atoms with Gasteiger partial charge in [-0.05, 0) is 86.7 Å². The number of rotatable bonds is 9. The number of carbonyl (C=O) groups is 1. The molecule has 0 aliphatic carbocycles. The molecule has 0 aliphatic heterocycles.